The maximum absolute atomic E-state index is 12.0. The zero-order valence-electron chi connectivity index (χ0n) is 13.4. The highest BCUT2D eigenvalue weighted by Gasteiger charge is 2.13. The largest absolute Gasteiger partial charge is 0.355 e. The first kappa shape index (κ1) is 18.6. The van der Waals surface area contributed by atoms with Crippen molar-refractivity contribution in [1.82, 2.24) is 10.2 Å². The summed E-state index contributed by atoms with van der Waals surface area (Å²) in [5, 5.41) is 5.69. The molecule has 0 heterocycles. The van der Waals surface area contributed by atoms with Crippen LogP contribution < -0.4 is 10.6 Å². The van der Waals surface area contributed by atoms with Crippen LogP contribution in [0, 0.1) is 5.92 Å². The number of halogens is 1. The summed E-state index contributed by atoms with van der Waals surface area (Å²) in [6, 6.07) is 7.44. The van der Waals surface area contributed by atoms with E-state index in [1.807, 2.05) is 50.2 Å². The molecule has 1 aromatic carbocycles. The molecule has 1 atom stereocenters. The van der Waals surface area contributed by atoms with Crippen molar-refractivity contribution in [1.29, 1.82) is 0 Å². The van der Waals surface area contributed by atoms with Gasteiger partial charge in [0.15, 0.2) is 0 Å². The van der Waals surface area contributed by atoms with Crippen molar-refractivity contribution < 1.29 is 9.59 Å². The Balaban J connectivity index is 2.30. The maximum atomic E-state index is 12.0. The van der Waals surface area contributed by atoms with Crippen LogP contribution in [-0.2, 0) is 9.59 Å². The summed E-state index contributed by atoms with van der Waals surface area (Å²) in [5.41, 5.74) is 0.752. The molecular formula is C16H24BrN3O2. The quantitative estimate of drug-likeness (QED) is 0.739. The number of anilines is 1. The Morgan fingerprint density at radius 1 is 1.23 bits per heavy atom. The van der Waals surface area contributed by atoms with E-state index in [-0.39, 0.29) is 17.7 Å². The molecule has 0 aliphatic rings. The highest BCUT2D eigenvalue weighted by atomic mass is 79.9. The third-order valence-corrected chi connectivity index (χ3v) is 3.55. The minimum absolute atomic E-state index is 0.00603. The van der Waals surface area contributed by atoms with Crippen LogP contribution >= 0.6 is 15.9 Å². The second kappa shape index (κ2) is 9.58. The Bertz CT molecular complexity index is 506. The molecule has 2 N–H and O–H groups in total. The first-order valence-electron chi connectivity index (χ1n) is 7.33. The molecular weight excluding hydrogens is 346 g/mol. The van der Waals surface area contributed by atoms with Crippen LogP contribution in [0.25, 0.3) is 0 Å². The number of hydrogen-bond acceptors (Lipinski definition) is 3. The van der Waals surface area contributed by atoms with Gasteiger partial charge in [0.1, 0.15) is 0 Å². The number of carbonyl (C=O) groups excluding carboxylic acids is 2. The number of nitrogens with one attached hydrogen (secondary N) is 2. The second-order valence-electron chi connectivity index (χ2n) is 5.73. The third-order valence-electron chi connectivity index (χ3n) is 3.06. The predicted octanol–water partition coefficient (Wildman–Crippen LogP) is 2.48. The van der Waals surface area contributed by atoms with Crippen molar-refractivity contribution in [2.24, 2.45) is 5.92 Å². The van der Waals surface area contributed by atoms with Crippen molar-refractivity contribution in [2.75, 3.05) is 32.5 Å². The normalized spacial score (nSPS) is 12.0. The fourth-order valence-corrected chi connectivity index (χ4v) is 2.37. The number of rotatable bonds is 8. The van der Waals surface area contributed by atoms with E-state index < -0.39 is 0 Å². The summed E-state index contributed by atoms with van der Waals surface area (Å²) in [5.74, 6) is -0.0807. The number of nitrogens with zero attached hydrogens (tertiary/aromatic N) is 1. The van der Waals surface area contributed by atoms with Gasteiger partial charge in [-0.3, -0.25) is 9.59 Å². The van der Waals surface area contributed by atoms with Crippen LogP contribution in [0.5, 0.6) is 0 Å². The summed E-state index contributed by atoms with van der Waals surface area (Å²) >= 11 is 3.36. The molecule has 0 fully saturated rings. The van der Waals surface area contributed by atoms with Gasteiger partial charge in [0, 0.05) is 36.1 Å². The van der Waals surface area contributed by atoms with Crippen molar-refractivity contribution in [2.45, 2.75) is 19.8 Å². The molecule has 0 aliphatic carbocycles. The molecule has 1 aromatic rings. The summed E-state index contributed by atoms with van der Waals surface area (Å²) in [6.45, 7) is 3.35. The third kappa shape index (κ3) is 8.14. The SMILES string of the molecule is CC(CC(=O)NCCN(C)C)CC(=O)Nc1cccc(Br)c1. The lowest BCUT2D eigenvalue weighted by atomic mass is 10.0. The van der Waals surface area contributed by atoms with Gasteiger partial charge in [0.25, 0.3) is 0 Å². The van der Waals surface area contributed by atoms with Gasteiger partial charge in [-0.05, 0) is 38.2 Å². The van der Waals surface area contributed by atoms with Crippen LogP contribution in [0.4, 0.5) is 5.69 Å². The van der Waals surface area contributed by atoms with E-state index in [1.165, 1.54) is 0 Å². The maximum Gasteiger partial charge on any atom is 0.224 e. The van der Waals surface area contributed by atoms with Gasteiger partial charge in [-0.1, -0.05) is 28.9 Å². The first-order valence-corrected chi connectivity index (χ1v) is 8.13. The molecule has 1 unspecified atom stereocenters. The van der Waals surface area contributed by atoms with Gasteiger partial charge in [0.2, 0.25) is 11.8 Å². The molecule has 0 spiro atoms. The van der Waals surface area contributed by atoms with E-state index in [9.17, 15) is 9.59 Å². The average molecular weight is 370 g/mol. The summed E-state index contributed by atoms with van der Waals surface area (Å²) in [4.78, 5) is 25.7. The number of hydrogen-bond donors (Lipinski definition) is 2. The molecule has 2 amide bonds. The predicted molar refractivity (Wildman–Crippen MR) is 92.7 cm³/mol. The van der Waals surface area contributed by atoms with E-state index in [4.69, 9.17) is 0 Å². The molecule has 0 aromatic heterocycles. The Hall–Kier alpha value is -1.40. The smallest absolute Gasteiger partial charge is 0.224 e. The molecule has 5 nitrogen and oxygen atoms in total. The Morgan fingerprint density at radius 2 is 1.91 bits per heavy atom. The molecule has 0 radical (unpaired) electrons. The number of amides is 2. The molecule has 22 heavy (non-hydrogen) atoms. The van der Waals surface area contributed by atoms with Crippen molar-refractivity contribution in [3.63, 3.8) is 0 Å². The van der Waals surface area contributed by atoms with E-state index in [2.05, 4.69) is 26.6 Å². The van der Waals surface area contributed by atoms with E-state index in [1.54, 1.807) is 0 Å². The molecule has 6 heteroatoms. The topological polar surface area (TPSA) is 61.4 Å². The van der Waals surface area contributed by atoms with Crippen molar-refractivity contribution in [3.05, 3.63) is 28.7 Å². The number of carbonyl (C=O) groups is 2. The zero-order chi connectivity index (χ0) is 16.5. The summed E-state index contributed by atoms with van der Waals surface area (Å²) in [6.07, 6.45) is 0.687. The van der Waals surface area contributed by atoms with Crippen LogP contribution in [0.2, 0.25) is 0 Å². The minimum Gasteiger partial charge on any atom is -0.355 e. The lowest BCUT2D eigenvalue weighted by molar-refractivity contribution is -0.122. The van der Waals surface area contributed by atoms with Crippen LogP contribution in [-0.4, -0.2) is 43.9 Å². The molecule has 0 bridgehead atoms. The van der Waals surface area contributed by atoms with Gasteiger partial charge in [-0.15, -0.1) is 0 Å². The van der Waals surface area contributed by atoms with Crippen molar-refractivity contribution in [3.8, 4) is 0 Å². The first-order chi connectivity index (χ1) is 10.4. The van der Waals surface area contributed by atoms with Crippen molar-refractivity contribution >= 4 is 33.4 Å². The minimum atomic E-state index is -0.0771. The van der Waals surface area contributed by atoms with Gasteiger partial charge < -0.3 is 15.5 Å². The zero-order valence-corrected chi connectivity index (χ0v) is 14.9. The Morgan fingerprint density at radius 3 is 2.55 bits per heavy atom. The molecule has 0 aliphatic heterocycles. The Kier molecular flexibility index (Phi) is 8.12. The average Bonchev–Trinajstić information content (AvgIpc) is 2.37. The summed E-state index contributed by atoms with van der Waals surface area (Å²) < 4.78 is 0.915. The number of likely N-dealkylation sites (N-methyl/N-ethyl adjacent to an activating group) is 1. The highest BCUT2D eigenvalue weighted by Crippen LogP contribution is 2.16. The van der Waals surface area contributed by atoms with Crippen LogP contribution in [0.15, 0.2) is 28.7 Å². The lowest BCUT2D eigenvalue weighted by Gasteiger charge is -2.13. The fraction of sp³-hybridized carbons (Fsp3) is 0.500. The van der Waals surface area contributed by atoms with E-state index in [0.29, 0.717) is 19.4 Å². The summed E-state index contributed by atoms with van der Waals surface area (Å²) in [7, 11) is 3.92. The molecule has 122 valence electrons. The van der Waals surface area contributed by atoms with Gasteiger partial charge in [0.05, 0.1) is 0 Å². The molecule has 0 saturated heterocycles. The van der Waals surface area contributed by atoms with Gasteiger partial charge >= 0.3 is 0 Å². The molecule has 1 rings (SSSR count). The second-order valence-corrected chi connectivity index (χ2v) is 6.64. The van der Waals surface area contributed by atoms with E-state index >= 15 is 0 Å². The van der Waals surface area contributed by atoms with E-state index in [0.717, 1.165) is 16.7 Å². The monoisotopic (exact) mass is 369 g/mol. The standard InChI is InChI=1S/C16H24BrN3O2/c1-12(9-15(21)18-7-8-20(2)3)10-16(22)19-14-6-4-5-13(17)11-14/h4-6,11-12H,7-10H2,1-3H3,(H,18,21)(H,19,22). The van der Waals surface area contributed by atoms with Gasteiger partial charge in [-0.2, -0.15) is 0 Å². The number of benzene rings is 1. The van der Waals surface area contributed by atoms with Gasteiger partial charge in [-0.25, -0.2) is 0 Å². The highest BCUT2D eigenvalue weighted by molar-refractivity contribution is 9.10. The van der Waals surface area contributed by atoms with Crippen LogP contribution in [0.1, 0.15) is 19.8 Å². The fourth-order valence-electron chi connectivity index (χ4n) is 1.97. The molecule has 0 saturated carbocycles. The van der Waals surface area contributed by atoms with Crippen LogP contribution in [0.3, 0.4) is 0 Å². The lowest BCUT2D eigenvalue weighted by Crippen LogP contribution is -2.32. The Labute approximate surface area is 140 Å².